The van der Waals surface area contributed by atoms with Gasteiger partial charge in [0, 0.05) is 29.9 Å². The molecule has 5 nitrogen and oxygen atoms in total. The molecule has 1 heterocycles. The number of aliphatic hydroxyl groups is 1. The number of carbonyl (C=O) groups excluding carboxylic acids is 1. The predicted octanol–water partition coefficient (Wildman–Crippen LogP) is 1.08. The Morgan fingerprint density at radius 2 is 2.05 bits per heavy atom. The Kier molecular flexibility index (Phi) is 2.70. The van der Waals surface area contributed by atoms with E-state index in [4.69, 9.17) is 0 Å². The van der Waals surface area contributed by atoms with Gasteiger partial charge >= 0.3 is 0 Å². The summed E-state index contributed by atoms with van der Waals surface area (Å²) in [4.78, 5) is 14.3. The fourth-order valence-corrected chi connectivity index (χ4v) is 5.11. The number of nitrogens with zero attached hydrogens (tertiary/aromatic N) is 1. The molecule has 1 aliphatic heterocycles. The van der Waals surface area contributed by atoms with Crippen LogP contribution in [0.1, 0.15) is 36.8 Å². The zero-order chi connectivity index (χ0) is 15.7. The molecule has 4 rings (SSSR count). The molecule has 2 bridgehead atoms. The van der Waals surface area contributed by atoms with Crippen molar-refractivity contribution < 1.29 is 20.1 Å². The van der Waals surface area contributed by atoms with Gasteiger partial charge in [0.15, 0.2) is 11.5 Å². The Morgan fingerprint density at radius 3 is 2.82 bits per heavy atom. The number of likely N-dealkylation sites (tertiary alicyclic amines) is 1. The van der Waals surface area contributed by atoms with Crippen LogP contribution in [0, 0.1) is 0 Å². The molecule has 3 N–H and O–H groups in total. The van der Waals surface area contributed by atoms with Crippen molar-refractivity contribution in [1.82, 2.24) is 4.90 Å². The van der Waals surface area contributed by atoms with Gasteiger partial charge in [-0.15, -0.1) is 0 Å². The third kappa shape index (κ3) is 1.48. The van der Waals surface area contributed by atoms with Crippen molar-refractivity contribution in [3.05, 3.63) is 23.3 Å². The van der Waals surface area contributed by atoms with Gasteiger partial charge in [0.2, 0.25) is 0 Å². The number of phenolic OH excluding ortho intramolecular Hbond substituents is 2. The number of ketones is 1. The lowest BCUT2D eigenvalue weighted by Gasteiger charge is -2.62. The molecule has 2 fully saturated rings. The van der Waals surface area contributed by atoms with Crippen LogP contribution in [0.3, 0.4) is 0 Å². The molecule has 1 aromatic rings. The number of fused-ring (bicyclic) bond motifs is 1. The van der Waals surface area contributed by atoms with Crippen molar-refractivity contribution in [2.45, 2.75) is 49.2 Å². The van der Waals surface area contributed by atoms with Crippen LogP contribution in [0.4, 0.5) is 0 Å². The van der Waals surface area contributed by atoms with Gasteiger partial charge in [0.05, 0.1) is 5.60 Å². The Morgan fingerprint density at radius 1 is 1.27 bits per heavy atom. The van der Waals surface area contributed by atoms with E-state index in [1.54, 1.807) is 0 Å². The monoisotopic (exact) mass is 303 g/mol. The SMILES string of the molecule is CN1CC[C@]23CC(=O)CCC2(O)[C@H]1Cc1ccc(O)c(O)c13. The second kappa shape index (κ2) is 4.24. The summed E-state index contributed by atoms with van der Waals surface area (Å²) in [6.07, 6.45) is 2.31. The van der Waals surface area contributed by atoms with E-state index in [1.165, 1.54) is 6.07 Å². The topological polar surface area (TPSA) is 81.0 Å². The van der Waals surface area contributed by atoms with Crippen LogP contribution in [0.5, 0.6) is 11.5 Å². The first kappa shape index (κ1) is 14.0. The summed E-state index contributed by atoms with van der Waals surface area (Å²) in [7, 11) is 2.01. The van der Waals surface area contributed by atoms with Crippen molar-refractivity contribution in [3.63, 3.8) is 0 Å². The molecular weight excluding hydrogens is 282 g/mol. The number of hydrogen-bond acceptors (Lipinski definition) is 5. The molecule has 0 radical (unpaired) electrons. The van der Waals surface area contributed by atoms with Crippen LogP contribution in [0.25, 0.3) is 0 Å². The first-order valence-corrected chi connectivity index (χ1v) is 7.88. The zero-order valence-corrected chi connectivity index (χ0v) is 12.7. The minimum absolute atomic E-state index is 0.0502. The summed E-state index contributed by atoms with van der Waals surface area (Å²) in [6, 6.07) is 3.26. The standard InChI is InChI=1S/C17H21NO4/c1-18-7-6-16-9-11(19)4-5-17(16,22)13(18)8-10-2-3-12(20)15(21)14(10)16/h2-3,13,20-22H,4-9H2,1H3/t13-,16-,17?/m1/s1. The fraction of sp³-hybridized carbons (Fsp3) is 0.588. The van der Waals surface area contributed by atoms with Gasteiger partial charge < -0.3 is 20.2 Å². The lowest BCUT2D eigenvalue weighted by molar-refractivity contribution is -0.169. The van der Waals surface area contributed by atoms with Crippen molar-refractivity contribution in [2.24, 2.45) is 0 Å². The maximum Gasteiger partial charge on any atom is 0.161 e. The molecule has 1 aromatic carbocycles. The average Bonchev–Trinajstić information content (AvgIpc) is 2.47. The lowest BCUT2D eigenvalue weighted by Crippen LogP contribution is -2.72. The largest absolute Gasteiger partial charge is 0.504 e. The van der Waals surface area contributed by atoms with E-state index in [2.05, 4.69) is 4.90 Å². The third-order valence-corrected chi connectivity index (χ3v) is 6.22. The highest BCUT2D eigenvalue weighted by atomic mass is 16.3. The molecule has 0 amide bonds. The quantitative estimate of drug-likeness (QED) is 0.625. The van der Waals surface area contributed by atoms with Crippen LogP contribution < -0.4 is 0 Å². The highest BCUT2D eigenvalue weighted by Gasteiger charge is 2.65. The molecule has 0 aromatic heterocycles. The molecule has 5 heteroatoms. The van der Waals surface area contributed by atoms with Gasteiger partial charge in [-0.1, -0.05) is 6.07 Å². The summed E-state index contributed by atoms with van der Waals surface area (Å²) in [5.41, 5.74) is -0.249. The number of phenols is 2. The summed E-state index contributed by atoms with van der Waals surface area (Å²) in [5.74, 6) is -0.205. The highest BCUT2D eigenvalue weighted by molar-refractivity contribution is 5.83. The van der Waals surface area contributed by atoms with Crippen LogP contribution in [0.2, 0.25) is 0 Å². The van der Waals surface area contributed by atoms with E-state index in [-0.39, 0.29) is 29.7 Å². The van der Waals surface area contributed by atoms with Crippen LogP contribution >= 0.6 is 0 Å². The minimum atomic E-state index is -1.02. The maximum atomic E-state index is 12.2. The molecule has 118 valence electrons. The Labute approximate surface area is 129 Å². The fourth-order valence-electron chi connectivity index (χ4n) is 5.11. The molecule has 1 saturated heterocycles. The second-order valence-corrected chi connectivity index (χ2v) is 7.14. The average molecular weight is 303 g/mol. The van der Waals surface area contributed by atoms with Crippen LogP contribution in [-0.2, 0) is 16.6 Å². The van der Waals surface area contributed by atoms with E-state index >= 15 is 0 Å². The lowest BCUT2D eigenvalue weighted by atomic mass is 9.49. The van der Waals surface area contributed by atoms with Gasteiger partial charge in [0.25, 0.3) is 0 Å². The van der Waals surface area contributed by atoms with Crippen molar-refractivity contribution >= 4 is 5.78 Å². The zero-order valence-electron chi connectivity index (χ0n) is 12.7. The number of piperidine rings is 1. The van der Waals surface area contributed by atoms with Gasteiger partial charge in [-0.05, 0) is 44.5 Å². The van der Waals surface area contributed by atoms with Crippen molar-refractivity contribution in [3.8, 4) is 11.5 Å². The van der Waals surface area contributed by atoms with Gasteiger partial charge in [-0.25, -0.2) is 0 Å². The van der Waals surface area contributed by atoms with Gasteiger partial charge in [-0.3, -0.25) is 4.79 Å². The Bertz CT molecular complexity index is 673. The molecule has 1 saturated carbocycles. The van der Waals surface area contributed by atoms with E-state index in [1.807, 2.05) is 13.1 Å². The summed E-state index contributed by atoms with van der Waals surface area (Å²) >= 11 is 0. The van der Waals surface area contributed by atoms with Crippen molar-refractivity contribution in [1.29, 1.82) is 0 Å². The Hall–Kier alpha value is -1.59. The number of carbonyl (C=O) groups is 1. The summed E-state index contributed by atoms with van der Waals surface area (Å²) < 4.78 is 0. The molecule has 1 unspecified atom stereocenters. The summed E-state index contributed by atoms with van der Waals surface area (Å²) in [5, 5.41) is 31.9. The number of rotatable bonds is 0. The first-order valence-electron chi connectivity index (χ1n) is 7.88. The second-order valence-electron chi connectivity index (χ2n) is 7.14. The van der Waals surface area contributed by atoms with Gasteiger partial charge in [-0.2, -0.15) is 0 Å². The third-order valence-electron chi connectivity index (χ3n) is 6.22. The Balaban J connectivity index is 2.02. The first-order chi connectivity index (χ1) is 10.4. The van der Waals surface area contributed by atoms with E-state index < -0.39 is 11.0 Å². The maximum absolute atomic E-state index is 12.2. The van der Waals surface area contributed by atoms with Gasteiger partial charge in [0.1, 0.15) is 5.78 Å². The van der Waals surface area contributed by atoms with E-state index in [0.717, 1.165) is 12.1 Å². The molecule has 0 spiro atoms. The molecule has 2 aliphatic carbocycles. The molecular formula is C17H21NO4. The number of hydrogen-bond donors (Lipinski definition) is 3. The number of aromatic hydroxyl groups is 2. The molecule has 22 heavy (non-hydrogen) atoms. The van der Waals surface area contributed by atoms with Crippen LogP contribution in [-0.4, -0.2) is 51.2 Å². The smallest absolute Gasteiger partial charge is 0.161 e. The normalized spacial score (nSPS) is 37.5. The van der Waals surface area contributed by atoms with Crippen LogP contribution in [0.15, 0.2) is 12.1 Å². The van der Waals surface area contributed by atoms with E-state index in [9.17, 15) is 20.1 Å². The highest BCUT2D eigenvalue weighted by Crippen LogP contribution is 2.60. The van der Waals surface area contributed by atoms with Crippen molar-refractivity contribution in [2.75, 3.05) is 13.6 Å². The number of benzene rings is 1. The molecule has 3 aliphatic rings. The number of Topliss-reactive ketones (excluding diaryl/α,β-unsaturated/α-hetero) is 1. The predicted molar refractivity (Wildman–Crippen MR) is 80.0 cm³/mol. The number of likely N-dealkylation sites (N-methyl/N-ethyl adjacent to an activating group) is 1. The summed E-state index contributed by atoms with van der Waals surface area (Å²) in [6.45, 7) is 0.773. The molecule has 3 atom stereocenters. The van der Waals surface area contributed by atoms with E-state index in [0.29, 0.717) is 31.2 Å². The minimum Gasteiger partial charge on any atom is -0.504 e.